The zero-order valence-electron chi connectivity index (χ0n) is 17.7. The van der Waals surface area contributed by atoms with Crippen LogP contribution in [0.1, 0.15) is 31.7 Å². The van der Waals surface area contributed by atoms with Crippen molar-refractivity contribution in [1.29, 1.82) is 0 Å². The highest BCUT2D eigenvalue weighted by atomic mass is 16.5. The van der Waals surface area contributed by atoms with Crippen molar-refractivity contribution in [2.24, 2.45) is 5.41 Å². The number of piperazine rings is 1. The van der Waals surface area contributed by atoms with Crippen molar-refractivity contribution >= 4 is 0 Å². The summed E-state index contributed by atoms with van der Waals surface area (Å²) in [5.41, 5.74) is 1.95. The van der Waals surface area contributed by atoms with E-state index in [1.165, 1.54) is 83.7 Å². The lowest BCUT2D eigenvalue weighted by atomic mass is 9.79. The lowest BCUT2D eigenvalue weighted by molar-refractivity contribution is 0.0978. The van der Waals surface area contributed by atoms with Crippen LogP contribution in [-0.4, -0.2) is 86.8 Å². The topological polar surface area (TPSA) is 31.0 Å². The molecule has 0 radical (unpaired) electrons. The van der Waals surface area contributed by atoms with E-state index in [2.05, 4.69) is 51.2 Å². The standard InChI is InChI=1S/C23H38N4O/c1-2-25-12-14-26(15-13-25)16-17-28-22-6-4-21(5-7-22)18-27-11-3-8-23(20-27)9-10-24-19-23/h4-7,24H,2-3,8-20H2,1H3. The maximum atomic E-state index is 6.01. The van der Waals surface area contributed by atoms with E-state index in [4.69, 9.17) is 4.74 Å². The summed E-state index contributed by atoms with van der Waals surface area (Å²) in [4.78, 5) is 7.69. The van der Waals surface area contributed by atoms with Gasteiger partial charge in [-0.05, 0) is 62.0 Å². The Balaban J connectivity index is 1.19. The average Bonchev–Trinajstić information content (AvgIpc) is 3.17. The van der Waals surface area contributed by atoms with Crippen LogP contribution in [0.3, 0.4) is 0 Å². The third-order valence-corrected chi connectivity index (χ3v) is 6.99. The molecule has 0 aromatic heterocycles. The van der Waals surface area contributed by atoms with Gasteiger partial charge in [-0.3, -0.25) is 9.80 Å². The Kier molecular flexibility index (Phi) is 6.89. The fourth-order valence-corrected chi connectivity index (χ4v) is 5.16. The second-order valence-corrected chi connectivity index (χ2v) is 9.01. The molecule has 4 rings (SSSR count). The molecular weight excluding hydrogens is 348 g/mol. The van der Waals surface area contributed by atoms with Crippen molar-refractivity contribution in [3.63, 3.8) is 0 Å². The fraction of sp³-hybridized carbons (Fsp3) is 0.739. The van der Waals surface area contributed by atoms with Crippen LogP contribution in [0.4, 0.5) is 0 Å². The van der Waals surface area contributed by atoms with E-state index in [1.54, 1.807) is 0 Å². The minimum Gasteiger partial charge on any atom is -0.492 e. The minimum absolute atomic E-state index is 0.546. The molecule has 3 aliphatic heterocycles. The predicted octanol–water partition coefficient (Wildman–Crippen LogP) is 2.28. The Bertz CT molecular complexity index is 591. The summed E-state index contributed by atoms with van der Waals surface area (Å²) in [7, 11) is 0. The quantitative estimate of drug-likeness (QED) is 0.777. The molecule has 0 amide bonds. The predicted molar refractivity (Wildman–Crippen MR) is 115 cm³/mol. The molecule has 0 saturated carbocycles. The summed E-state index contributed by atoms with van der Waals surface area (Å²) < 4.78 is 6.01. The van der Waals surface area contributed by atoms with Crippen molar-refractivity contribution in [3.05, 3.63) is 29.8 Å². The zero-order chi connectivity index (χ0) is 19.2. The summed E-state index contributed by atoms with van der Waals surface area (Å²) in [6, 6.07) is 8.81. The lowest BCUT2D eigenvalue weighted by Crippen LogP contribution is -2.47. The number of benzene rings is 1. The SMILES string of the molecule is CCN1CCN(CCOc2ccc(CN3CCCC4(CCNC4)C3)cc2)CC1. The molecule has 1 N–H and O–H groups in total. The van der Waals surface area contributed by atoms with Crippen molar-refractivity contribution < 1.29 is 4.74 Å². The summed E-state index contributed by atoms with van der Waals surface area (Å²) in [6.07, 6.45) is 4.09. The lowest BCUT2D eigenvalue weighted by Gasteiger charge is -2.40. The Morgan fingerprint density at radius 2 is 1.75 bits per heavy atom. The molecule has 1 unspecified atom stereocenters. The number of hydrogen-bond acceptors (Lipinski definition) is 5. The van der Waals surface area contributed by atoms with E-state index in [0.717, 1.165) is 25.4 Å². The van der Waals surface area contributed by atoms with E-state index in [0.29, 0.717) is 5.41 Å². The summed E-state index contributed by atoms with van der Waals surface area (Å²) >= 11 is 0. The molecule has 1 atom stereocenters. The smallest absolute Gasteiger partial charge is 0.119 e. The van der Waals surface area contributed by atoms with Gasteiger partial charge in [0.25, 0.3) is 0 Å². The summed E-state index contributed by atoms with van der Waals surface area (Å²) in [5.74, 6) is 1.01. The minimum atomic E-state index is 0.546. The fourth-order valence-electron chi connectivity index (χ4n) is 5.16. The van der Waals surface area contributed by atoms with Gasteiger partial charge in [0.15, 0.2) is 0 Å². The Labute approximate surface area is 171 Å². The van der Waals surface area contributed by atoms with Gasteiger partial charge in [-0.1, -0.05) is 19.1 Å². The highest BCUT2D eigenvalue weighted by Crippen LogP contribution is 2.36. The van der Waals surface area contributed by atoms with Gasteiger partial charge in [0.05, 0.1) is 0 Å². The molecule has 5 heteroatoms. The second-order valence-electron chi connectivity index (χ2n) is 9.01. The first-order valence-corrected chi connectivity index (χ1v) is 11.3. The molecule has 28 heavy (non-hydrogen) atoms. The number of likely N-dealkylation sites (N-methyl/N-ethyl adjacent to an activating group) is 1. The van der Waals surface area contributed by atoms with Crippen LogP contribution in [0.15, 0.2) is 24.3 Å². The van der Waals surface area contributed by atoms with E-state index in [9.17, 15) is 0 Å². The number of likely N-dealkylation sites (tertiary alicyclic amines) is 1. The van der Waals surface area contributed by atoms with Gasteiger partial charge in [0.2, 0.25) is 0 Å². The van der Waals surface area contributed by atoms with Crippen LogP contribution in [0, 0.1) is 5.41 Å². The molecule has 1 spiro atoms. The number of nitrogens with zero attached hydrogens (tertiary/aromatic N) is 3. The van der Waals surface area contributed by atoms with Gasteiger partial charge in [0.1, 0.15) is 12.4 Å². The van der Waals surface area contributed by atoms with Crippen LogP contribution in [0.2, 0.25) is 0 Å². The number of rotatable bonds is 7. The zero-order valence-corrected chi connectivity index (χ0v) is 17.7. The normalized spacial score (nSPS) is 27.5. The van der Waals surface area contributed by atoms with E-state index < -0.39 is 0 Å². The van der Waals surface area contributed by atoms with Crippen LogP contribution >= 0.6 is 0 Å². The molecule has 5 nitrogen and oxygen atoms in total. The van der Waals surface area contributed by atoms with Crippen molar-refractivity contribution in [1.82, 2.24) is 20.0 Å². The first kappa shape index (κ1) is 20.1. The maximum Gasteiger partial charge on any atom is 0.119 e. The number of nitrogens with one attached hydrogen (secondary N) is 1. The molecular formula is C23H38N4O. The summed E-state index contributed by atoms with van der Waals surface area (Å²) in [6.45, 7) is 15.9. The highest BCUT2D eigenvalue weighted by molar-refractivity contribution is 5.27. The molecule has 1 aromatic rings. The van der Waals surface area contributed by atoms with E-state index >= 15 is 0 Å². The number of hydrogen-bond donors (Lipinski definition) is 1. The Hall–Kier alpha value is -1.14. The van der Waals surface area contributed by atoms with Gasteiger partial charge >= 0.3 is 0 Å². The number of piperidine rings is 1. The molecule has 3 saturated heterocycles. The first-order chi connectivity index (χ1) is 13.7. The third-order valence-electron chi connectivity index (χ3n) is 6.99. The molecule has 3 fully saturated rings. The third kappa shape index (κ3) is 5.26. The van der Waals surface area contributed by atoms with Gasteiger partial charge in [0, 0.05) is 52.4 Å². The van der Waals surface area contributed by atoms with E-state index in [-0.39, 0.29) is 0 Å². The van der Waals surface area contributed by atoms with Crippen molar-refractivity contribution in [3.8, 4) is 5.75 Å². The largest absolute Gasteiger partial charge is 0.492 e. The molecule has 3 heterocycles. The molecule has 0 aliphatic carbocycles. The highest BCUT2D eigenvalue weighted by Gasteiger charge is 2.37. The van der Waals surface area contributed by atoms with Gasteiger partial charge < -0.3 is 15.0 Å². The average molecular weight is 387 g/mol. The molecule has 1 aromatic carbocycles. The monoisotopic (exact) mass is 386 g/mol. The van der Waals surface area contributed by atoms with Gasteiger partial charge in [-0.25, -0.2) is 0 Å². The van der Waals surface area contributed by atoms with Crippen LogP contribution < -0.4 is 10.1 Å². The number of ether oxygens (including phenoxy) is 1. The second kappa shape index (κ2) is 9.57. The van der Waals surface area contributed by atoms with Crippen LogP contribution in [0.5, 0.6) is 5.75 Å². The van der Waals surface area contributed by atoms with Crippen LogP contribution in [-0.2, 0) is 6.54 Å². The molecule has 3 aliphatic rings. The maximum absolute atomic E-state index is 6.01. The van der Waals surface area contributed by atoms with Crippen molar-refractivity contribution in [2.45, 2.75) is 32.7 Å². The molecule has 156 valence electrons. The van der Waals surface area contributed by atoms with Gasteiger partial charge in [-0.15, -0.1) is 0 Å². The Morgan fingerprint density at radius 1 is 0.964 bits per heavy atom. The van der Waals surface area contributed by atoms with E-state index in [1.807, 2.05) is 0 Å². The molecule has 0 bridgehead atoms. The van der Waals surface area contributed by atoms with Crippen molar-refractivity contribution in [2.75, 3.05) is 72.1 Å². The Morgan fingerprint density at radius 3 is 2.46 bits per heavy atom. The van der Waals surface area contributed by atoms with Gasteiger partial charge in [-0.2, -0.15) is 0 Å². The first-order valence-electron chi connectivity index (χ1n) is 11.3. The van der Waals surface area contributed by atoms with Crippen LogP contribution in [0.25, 0.3) is 0 Å². The summed E-state index contributed by atoms with van der Waals surface area (Å²) in [5, 5.41) is 3.57.